The molecule has 0 heterocycles. The number of carbonyl (C=O) groups is 2. The SMILES string of the molecule is CCOC(=O)CC[C@H](C(=O)SCC)[C@H](O)/C=C/c1ccccc1. The molecular formula is C18H24O4S. The van der Waals surface area contributed by atoms with Gasteiger partial charge < -0.3 is 9.84 Å². The zero-order valence-electron chi connectivity index (χ0n) is 13.6. The maximum absolute atomic E-state index is 12.2. The Morgan fingerprint density at radius 2 is 1.96 bits per heavy atom. The first-order valence-electron chi connectivity index (χ1n) is 7.82. The summed E-state index contributed by atoms with van der Waals surface area (Å²) in [5, 5.41) is 10.2. The van der Waals surface area contributed by atoms with Crippen molar-refractivity contribution in [3.8, 4) is 0 Å². The molecule has 0 spiro atoms. The average molecular weight is 336 g/mol. The zero-order valence-corrected chi connectivity index (χ0v) is 14.4. The third-order valence-corrected chi connectivity index (χ3v) is 4.13. The van der Waals surface area contributed by atoms with Crippen LogP contribution in [-0.2, 0) is 14.3 Å². The molecule has 0 aliphatic carbocycles. The van der Waals surface area contributed by atoms with Gasteiger partial charge in [0.05, 0.1) is 18.6 Å². The molecule has 0 saturated heterocycles. The Hall–Kier alpha value is -1.59. The normalized spacial score (nSPS) is 13.7. The lowest BCUT2D eigenvalue weighted by Gasteiger charge is -2.18. The standard InChI is InChI=1S/C18H24O4S/c1-3-22-17(20)13-11-15(18(21)23-4-2)16(19)12-10-14-8-6-5-7-9-14/h5-10,12,15-16,19H,3-4,11,13H2,1-2H3/b12-10+/t15-,16+/m0/s1. The van der Waals surface area contributed by atoms with Crippen molar-refractivity contribution in [2.45, 2.75) is 32.8 Å². The molecule has 0 fully saturated rings. The number of rotatable bonds is 9. The summed E-state index contributed by atoms with van der Waals surface area (Å²) in [5.41, 5.74) is 0.950. The quantitative estimate of drug-likeness (QED) is 0.701. The third kappa shape index (κ3) is 7.48. The van der Waals surface area contributed by atoms with Gasteiger partial charge in [-0.15, -0.1) is 0 Å². The van der Waals surface area contributed by atoms with E-state index in [4.69, 9.17) is 4.74 Å². The van der Waals surface area contributed by atoms with Gasteiger partial charge in [-0.25, -0.2) is 0 Å². The van der Waals surface area contributed by atoms with Crippen LogP contribution in [-0.4, -0.2) is 34.7 Å². The highest BCUT2D eigenvalue weighted by molar-refractivity contribution is 8.13. The van der Waals surface area contributed by atoms with Crippen LogP contribution >= 0.6 is 11.8 Å². The Bertz CT molecular complexity index is 513. The van der Waals surface area contributed by atoms with Crippen LogP contribution in [0.15, 0.2) is 36.4 Å². The smallest absolute Gasteiger partial charge is 0.305 e. The molecule has 0 bridgehead atoms. The monoisotopic (exact) mass is 336 g/mol. The van der Waals surface area contributed by atoms with E-state index in [0.717, 1.165) is 5.56 Å². The molecule has 0 radical (unpaired) electrons. The Morgan fingerprint density at radius 3 is 2.57 bits per heavy atom. The van der Waals surface area contributed by atoms with E-state index in [1.54, 1.807) is 19.1 Å². The van der Waals surface area contributed by atoms with E-state index < -0.39 is 12.0 Å². The second kappa shape index (κ2) is 11.0. The molecule has 4 nitrogen and oxygen atoms in total. The number of aliphatic hydroxyl groups excluding tert-OH is 1. The van der Waals surface area contributed by atoms with Crippen molar-refractivity contribution in [2.75, 3.05) is 12.4 Å². The Morgan fingerprint density at radius 1 is 1.26 bits per heavy atom. The van der Waals surface area contributed by atoms with E-state index >= 15 is 0 Å². The van der Waals surface area contributed by atoms with Gasteiger partial charge in [0.25, 0.3) is 0 Å². The van der Waals surface area contributed by atoms with Crippen molar-refractivity contribution in [1.29, 1.82) is 0 Å². The molecule has 0 aromatic heterocycles. The summed E-state index contributed by atoms with van der Waals surface area (Å²) >= 11 is 1.17. The van der Waals surface area contributed by atoms with Crippen LogP contribution in [0.1, 0.15) is 32.3 Å². The Balaban J connectivity index is 2.71. The number of carbonyl (C=O) groups excluding carboxylic acids is 2. The summed E-state index contributed by atoms with van der Waals surface area (Å²) in [4.78, 5) is 23.7. The molecule has 0 amide bonds. The highest BCUT2D eigenvalue weighted by Crippen LogP contribution is 2.22. The van der Waals surface area contributed by atoms with Gasteiger partial charge in [-0.1, -0.05) is 61.2 Å². The molecule has 0 aliphatic rings. The number of aliphatic hydroxyl groups is 1. The van der Waals surface area contributed by atoms with Crippen LogP contribution in [0.4, 0.5) is 0 Å². The molecule has 5 heteroatoms. The summed E-state index contributed by atoms with van der Waals surface area (Å²) in [5.74, 6) is -0.306. The second-order valence-corrected chi connectivity index (χ2v) is 6.23. The highest BCUT2D eigenvalue weighted by Gasteiger charge is 2.26. The number of ether oxygens (including phenoxy) is 1. The van der Waals surface area contributed by atoms with Crippen LogP contribution in [0.5, 0.6) is 0 Å². The van der Waals surface area contributed by atoms with Gasteiger partial charge in [0.15, 0.2) is 5.12 Å². The lowest BCUT2D eigenvalue weighted by molar-refractivity contribution is -0.143. The molecule has 126 valence electrons. The average Bonchev–Trinajstić information content (AvgIpc) is 2.54. The maximum atomic E-state index is 12.2. The number of esters is 1. The lowest BCUT2D eigenvalue weighted by Crippen LogP contribution is -2.26. The van der Waals surface area contributed by atoms with E-state index in [1.807, 2.05) is 37.3 Å². The summed E-state index contributed by atoms with van der Waals surface area (Å²) in [6.45, 7) is 3.94. The molecule has 1 aromatic rings. The van der Waals surface area contributed by atoms with Crippen LogP contribution in [0.2, 0.25) is 0 Å². The third-order valence-electron chi connectivity index (χ3n) is 3.25. The Labute approximate surface area is 141 Å². The minimum Gasteiger partial charge on any atom is -0.466 e. The number of hydrogen-bond donors (Lipinski definition) is 1. The molecular weight excluding hydrogens is 312 g/mol. The topological polar surface area (TPSA) is 63.6 Å². The predicted molar refractivity (Wildman–Crippen MR) is 94.0 cm³/mol. The van der Waals surface area contributed by atoms with Crippen molar-refractivity contribution in [1.82, 2.24) is 0 Å². The molecule has 1 rings (SSSR count). The first kappa shape index (κ1) is 19.5. The van der Waals surface area contributed by atoms with Gasteiger partial charge in [-0.05, 0) is 24.7 Å². The van der Waals surface area contributed by atoms with Crippen molar-refractivity contribution >= 4 is 28.9 Å². The van der Waals surface area contributed by atoms with Crippen LogP contribution in [0, 0.1) is 5.92 Å². The minimum absolute atomic E-state index is 0.0954. The highest BCUT2D eigenvalue weighted by atomic mass is 32.2. The fraction of sp³-hybridized carbons (Fsp3) is 0.444. The fourth-order valence-corrected chi connectivity index (χ4v) is 2.85. The maximum Gasteiger partial charge on any atom is 0.305 e. The molecule has 0 aliphatic heterocycles. The van der Waals surface area contributed by atoms with Crippen molar-refractivity contribution in [3.63, 3.8) is 0 Å². The van der Waals surface area contributed by atoms with Gasteiger partial charge in [0.1, 0.15) is 0 Å². The van der Waals surface area contributed by atoms with Crippen molar-refractivity contribution in [3.05, 3.63) is 42.0 Å². The zero-order chi connectivity index (χ0) is 17.1. The van der Waals surface area contributed by atoms with E-state index in [0.29, 0.717) is 12.4 Å². The fourth-order valence-electron chi connectivity index (χ4n) is 2.09. The number of hydrogen-bond acceptors (Lipinski definition) is 5. The van der Waals surface area contributed by atoms with E-state index in [2.05, 4.69) is 0 Å². The number of thioether (sulfide) groups is 1. The molecule has 2 atom stereocenters. The lowest BCUT2D eigenvalue weighted by atomic mass is 9.97. The molecule has 1 aromatic carbocycles. The second-order valence-electron chi connectivity index (χ2n) is 4.96. The van der Waals surface area contributed by atoms with Gasteiger partial charge in [-0.3, -0.25) is 9.59 Å². The summed E-state index contributed by atoms with van der Waals surface area (Å²) < 4.78 is 4.88. The molecule has 1 N–H and O–H groups in total. The minimum atomic E-state index is -0.920. The van der Waals surface area contributed by atoms with Gasteiger partial charge in [0.2, 0.25) is 0 Å². The summed E-state index contributed by atoms with van der Waals surface area (Å²) in [7, 11) is 0. The van der Waals surface area contributed by atoms with Gasteiger partial charge in [-0.2, -0.15) is 0 Å². The van der Waals surface area contributed by atoms with Crippen molar-refractivity contribution < 1.29 is 19.4 Å². The first-order valence-corrected chi connectivity index (χ1v) is 8.80. The predicted octanol–water partition coefficient (Wildman–Crippen LogP) is 3.30. The molecule has 23 heavy (non-hydrogen) atoms. The summed E-state index contributed by atoms with van der Waals surface area (Å²) in [6, 6.07) is 9.56. The largest absolute Gasteiger partial charge is 0.466 e. The van der Waals surface area contributed by atoms with Crippen LogP contribution in [0.3, 0.4) is 0 Å². The Kier molecular flexibility index (Phi) is 9.33. The molecule has 0 unspecified atom stereocenters. The molecule has 0 saturated carbocycles. The van der Waals surface area contributed by atoms with Gasteiger partial charge in [0, 0.05) is 6.42 Å². The van der Waals surface area contributed by atoms with E-state index in [1.165, 1.54) is 11.8 Å². The van der Waals surface area contributed by atoms with Crippen LogP contribution in [0.25, 0.3) is 6.08 Å². The first-order chi connectivity index (χ1) is 11.1. The van der Waals surface area contributed by atoms with Gasteiger partial charge >= 0.3 is 5.97 Å². The van der Waals surface area contributed by atoms with E-state index in [-0.39, 0.29) is 23.9 Å². The van der Waals surface area contributed by atoms with Crippen LogP contribution < -0.4 is 0 Å². The van der Waals surface area contributed by atoms with E-state index in [9.17, 15) is 14.7 Å². The number of benzene rings is 1. The van der Waals surface area contributed by atoms with Crippen molar-refractivity contribution in [2.24, 2.45) is 5.92 Å². The summed E-state index contributed by atoms with van der Waals surface area (Å²) in [6.07, 6.45) is 2.89.